The number of methoxy groups -OCH3 is 1. The first-order valence-electron chi connectivity index (χ1n) is 6.36. The van der Waals surface area contributed by atoms with E-state index < -0.39 is 18.7 Å². The number of hydrogen-bond acceptors (Lipinski definition) is 2. The van der Waals surface area contributed by atoms with Gasteiger partial charge >= 0.3 is 6.18 Å². The fraction of sp³-hybridized carbons (Fsp3) is 0.571. The number of para-hydroxylation sites is 1. The van der Waals surface area contributed by atoms with E-state index in [1.165, 1.54) is 7.11 Å². The summed E-state index contributed by atoms with van der Waals surface area (Å²) in [6.07, 6.45) is -6.17. The van der Waals surface area contributed by atoms with Gasteiger partial charge in [-0.2, -0.15) is 13.2 Å². The van der Waals surface area contributed by atoms with Gasteiger partial charge in [-0.25, -0.2) is 0 Å². The molecule has 0 aliphatic carbocycles. The van der Waals surface area contributed by atoms with Gasteiger partial charge in [-0.05, 0) is 19.9 Å². The van der Waals surface area contributed by atoms with Gasteiger partial charge in [-0.15, -0.1) is 0 Å². The number of nitrogens with zero attached hydrogens (tertiary/aromatic N) is 1. The number of benzene rings is 1. The summed E-state index contributed by atoms with van der Waals surface area (Å²) >= 11 is 0. The highest BCUT2D eigenvalue weighted by Gasteiger charge is 2.33. The maximum Gasteiger partial charge on any atom is 0.391 e. The summed E-state index contributed by atoms with van der Waals surface area (Å²) in [6.45, 7) is 5.45. The molecule has 0 aliphatic heterocycles. The Labute approximate surface area is 112 Å². The van der Waals surface area contributed by atoms with Crippen molar-refractivity contribution in [1.29, 1.82) is 0 Å². The lowest BCUT2D eigenvalue weighted by molar-refractivity contribution is -0.158. The standard InChI is InChI=1S/C14H20F3NO/c1-4-18(5-2)12-9-7-6-8-11(12)13(19-3)10-14(15,16)17/h6-9,13H,4-5,10H2,1-3H3. The fourth-order valence-electron chi connectivity index (χ4n) is 2.14. The van der Waals surface area contributed by atoms with Crippen LogP contribution in [0.25, 0.3) is 0 Å². The smallest absolute Gasteiger partial charge is 0.376 e. The number of ether oxygens (including phenoxy) is 1. The van der Waals surface area contributed by atoms with Crippen molar-refractivity contribution in [3.8, 4) is 0 Å². The second kappa shape index (κ2) is 6.80. The van der Waals surface area contributed by atoms with Crippen LogP contribution in [-0.4, -0.2) is 26.4 Å². The molecule has 0 saturated carbocycles. The molecule has 5 heteroatoms. The summed E-state index contributed by atoms with van der Waals surface area (Å²) in [5, 5.41) is 0. The molecule has 2 nitrogen and oxygen atoms in total. The molecule has 1 aromatic rings. The minimum Gasteiger partial charge on any atom is -0.376 e. The molecule has 19 heavy (non-hydrogen) atoms. The maximum atomic E-state index is 12.6. The summed E-state index contributed by atoms with van der Waals surface area (Å²) in [4.78, 5) is 2.03. The molecule has 108 valence electrons. The molecule has 0 aliphatic rings. The van der Waals surface area contributed by atoms with Crippen molar-refractivity contribution in [3.63, 3.8) is 0 Å². The fourth-order valence-corrected chi connectivity index (χ4v) is 2.14. The Morgan fingerprint density at radius 3 is 2.21 bits per heavy atom. The molecular weight excluding hydrogens is 255 g/mol. The summed E-state index contributed by atoms with van der Waals surface area (Å²) in [5.74, 6) is 0. The van der Waals surface area contributed by atoms with Gasteiger partial charge < -0.3 is 9.64 Å². The Bertz CT molecular complexity index is 389. The first-order valence-corrected chi connectivity index (χ1v) is 6.36. The van der Waals surface area contributed by atoms with Crippen LogP contribution >= 0.6 is 0 Å². The van der Waals surface area contributed by atoms with Crippen LogP contribution in [0.1, 0.15) is 31.9 Å². The molecule has 0 heterocycles. The molecule has 0 aromatic heterocycles. The van der Waals surface area contributed by atoms with E-state index in [-0.39, 0.29) is 0 Å². The van der Waals surface area contributed by atoms with Crippen LogP contribution in [0.2, 0.25) is 0 Å². The predicted molar refractivity (Wildman–Crippen MR) is 70.4 cm³/mol. The summed E-state index contributed by atoms with van der Waals surface area (Å²) in [5.41, 5.74) is 1.40. The number of rotatable bonds is 6. The summed E-state index contributed by atoms with van der Waals surface area (Å²) in [7, 11) is 1.31. The average molecular weight is 275 g/mol. The topological polar surface area (TPSA) is 12.5 Å². The Kier molecular flexibility index (Phi) is 5.66. The first kappa shape index (κ1) is 15.8. The number of alkyl halides is 3. The maximum absolute atomic E-state index is 12.6. The van der Waals surface area contributed by atoms with Crippen molar-refractivity contribution in [2.24, 2.45) is 0 Å². The predicted octanol–water partition coefficient (Wildman–Crippen LogP) is 4.17. The quantitative estimate of drug-likeness (QED) is 0.772. The zero-order valence-electron chi connectivity index (χ0n) is 11.5. The molecule has 0 amide bonds. The van der Waals surface area contributed by atoms with Gasteiger partial charge in [0.15, 0.2) is 0 Å². The third-order valence-electron chi connectivity index (χ3n) is 3.09. The van der Waals surface area contributed by atoms with Gasteiger partial charge in [-0.3, -0.25) is 0 Å². The molecule has 0 fully saturated rings. The Hall–Kier alpha value is -1.23. The third-order valence-corrected chi connectivity index (χ3v) is 3.09. The van der Waals surface area contributed by atoms with E-state index in [1.807, 2.05) is 30.9 Å². The largest absolute Gasteiger partial charge is 0.391 e. The van der Waals surface area contributed by atoms with Gasteiger partial charge in [-0.1, -0.05) is 18.2 Å². The van der Waals surface area contributed by atoms with Crippen molar-refractivity contribution in [2.45, 2.75) is 32.5 Å². The van der Waals surface area contributed by atoms with E-state index in [0.717, 1.165) is 18.8 Å². The highest BCUT2D eigenvalue weighted by molar-refractivity contribution is 5.54. The van der Waals surface area contributed by atoms with Crippen LogP contribution in [0.3, 0.4) is 0 Å². The molecule has 1 aromatic carbocycles. The summed E-state index contributed by atoms with van der Waals surface area (Å²) in [6, 6.07) is 7.11. The number of hydrogen-bond donors (Lipinski definition) is 0. The van der Waals surface area contributed by atoms with Crippen LogP contribution in [-0.2, 0) is 4.74 Å². The van der Waals surface area contributed by atoms with Crippen molar-refractivity contribution < 1.29 is 17.9 Å². The second-order valence-corrected chi connectivity index (χ2v) is 4.27. The lowest BCUT2D eigenvalue weighted by Crippen LogP contribution is -2.25. The van der Waals surface area contributed by atoms with Crippen LogP contribution in [0.5, 0.6) is 0 Å². The van der Waals surface area contributed by atoms with Gasteiger partial charge in [0.2, 0.25) is 0 Å². The highest BCUT2D eigenvalue weighted by atomic mass is 19.4. The van der Waals surface area contributed by atoms with E-state index in [4.69, 9.17) is 4.74 Å². The monoisotopic (exact) mass is 275 g/mol. The molecule has 1 atom stereocenters. The van der Waals surface area contributed by atoms with Gasteiger partial charge in [0.05, 0.1) is 12.5 Å². The molecule has 1 rings (SSSR count). The minimum absolute atomic E-state index is 0.589. The van der Waals surface area contributed by atoms with Crippen LogP contribution in [0.4, 0.5) is 18.9 Å². The zero-order valence-corrected chi connectivity index (χ0v) is 11.5. The van der Waals surface area contributed by atoms with E-state index in [2.05, 4.69) is 0 Å². The van der Waals surface area contributed by atoms with Crippen molar-refractivity contribution >= 4 is 5.69 Å². The normalized spacial score (nSPS) is 13.4. The molecule has 0 saturated heterocycles. The highest BCUT2D eigenvalue weighted by Crippen LogP contribution is 2.36. The van der Waals surface area contributed by atoms with Crippen molar-refractivity contribution in [3.05, 3.63) is 29.8 Å². The van der Waals surface area contributed by atoms with Gasteiger partial charge in [0, 0.05) is 31.5 Å². The minimum atomic E-state index is -4.24. The second-order valence-electron chi connectivity index (χ2n) is 4.27. The Morgan fingerprint density at radius 2 is 1.74 bits per heavy atom. The van der Waals surface area contributed by atoms with E-state index >= 15 is 0 Å². The molecule has 1 unspecified atom stereocenters. The van der Waals surface area contributed by atoms with Gasteiger partial charge in [0.1, 0.15) is 0 Å². The van der Waals surface area contributed by atoms with Crippen LogP contribution in [0.15, 0.2) is 24.3 Å². The molecular formula is C14H20F3NO. The number of halogens is 3. The zero-order chi connectivity index (χ0) is 14.5. The number of anilines is 1. The van der Waals surface area contributed by atoms with E-state index in [0.29, 0.717) is 5.56 Å². The lowest BCUT2D eigenvalue weighted by atomic mass is 10.0. The molecule has 0 N–H and O–H groups in total. The first-order chi connectivity index (χ1) is 8.92. The van der Waals surface area contributed by atoms with Crippen molar-refractivity contribution in [2.75, 3.05) is 25.1 Å². The molecule has 0 radical (unpaired) electrons. The van der Waals surface area contributed by atoms with Gasteiger partial charge in [0.25, 0.3) is 0 Å². The van der Waals surface area contributed by atoms with E-state index in [1.54, 1.807) is 12.1 Å². The van der Waals surface area contributed by atoms with Crippen LogP contribution in [0, 0.1) is 0 Å². The SMILES string of the molecule is CCN(CC)c1ccccc1C(CC(F)(F)F)OC. The van der Waals surface area contributed by atoms with Crippen molar-refractivity contribution in [1.82, 2.24) is 0 Å². The summed E-state index contributed by atoms with van der Waals surface area (Å²) < 4.78 is 42.8. The lowest BCUT2D eigenvalue weighted by Gasteiger charge is -2.27. The Morgan fingerprint density at radius 1 is 1.16 bits per heavy atom. The third kappa shape index (κ3) is 4.42. The average Bonchev–Trinajstić information content (AvgIpc) is 2.37. The molecule has 0 bridgehead atoms. The Balaban J connectivity index is 3.09. The van der Waals surface area contributed by atoms with Crippen LogP contribution < -0.4 is 4.90 Å². The molecule has 0 spiro atoms. The van der Waals surface area contributed by atoms with E-state index in [9.17, 15) is 13.2 Å².